The lowest BCUT2D eigenvalue weighted by Gasteiger charge is -2.11. The molecule has 1 aromatic carbocycles. The van der Waals surface area contributed by atoms with Crippen LogP contribution < -0.4 is 9.80 Å². The SMILES string of the molecule is COc1ccc2[nH]cc(N(O)CCl)c2c1. The summed E-state index contributed by atoms with van der Waals surface area (Å²) in [5.41, 5.74) is 1.56. The zero-order chi connectivity index (χ0) is 10.8. The van der Waals surface area contributed by atoms with Crippen molar-refractivity contribution in [2.24, 2.45) is 0 Å². The average molecular weight is 227 g/mol. The van der Waals surface area contributed by atoms with Crippen molar-refractivity contribution in [3.63, 3.8) is 0 Å². The quantitative estimate of drug-likeness (QED) is 0.481. The number of anilines is 1. The second-order valence-electron chi connectivity index (χ2n) is 3.10. The summed E-state index contributed by atoms with van der Waals surface area (Å²) in [6.07, 6.45) is 1.70. The third kappa shape index (κ3) is 1.73. The highest BCUT2D eigenvalue weighted by Crippen LogP contribution is 2.29. The van der Waals surface area contributed by atoms with Crippen molar-refractivity contribution in [2.45, 2.75) is 0 Å². The van der Waals surface area contributed by atoms with Crippen molar-refractivity contribution in [3.05, 3.63) is 24.4 Å². The number of halogens is 1. The Hall–Kier alpha value is -1.39. The van der Waals surface area contributed by atoms with Crippen molar-refractivity contribution in [3.8, 4) is 5.75 Å². The highest BCUT2D eigenvalue weighted by Gasteiger charge is 2.09. The van der Waals surface area contributed by atoms with Gasteiger partial charge in [-0.15, -0.1) is 11.6 Å². The lowest BCUT2D eigenvalue weighted by atomic mass is 10.2. The van der Waals surface area contributed by atoms with Crippen molar-refractivity contribution in [1.82, 2.24) is 4.98 Å². The Balaban J connectivity index is 2.56. The minimum atomic E-state index is 0.0180. The summed E-state index contributed by atoms with van der Waals surface area (Å²) in [5.74, 6) is 0.742. The zero-order valence-electron chi connectivity index (χ0n) is 8.20. The maximum absolute atomic E-state index is 9.52. The van der Waals surface area contributed by atoms with Crippen LogP contribution in [-0.4, -0.2) is 23.3 Å². The molecule has 0 aliphatic carbocycles. The minimum Gasteiger partial charge on any atom is -0.497 e. The van der Waals surface area contributed by atoms with Crippen LogP contribution in [0.5, 0.6) is 5.75 Å². The molecular weight excluding hydrogens is 216 g/mol. The monoisotopic (exact) mass is 226 g/mol. The van der Waals surface area contributed by atoms with E-state index in [9.17, 15) is 5.21 Å². The van der Waals surface area contributed by atoms with Crippen LogP contribution in [0.4, 0.5) is 5.69 Å². The topological polar surface area (TPSA) is 48.5 Å². The number of aromatic amines is 1. The Kier molecular flexibility index (Phi) is 2.70. The van der Waals surface area contributed by atoms with Crippen molar-refractivity contribution < 1.29 is 9.94 Å². The molecule has 0 bridgehead atoms. The second-order valence-corrected chi connectivity index (χ2v) is 3.34. The lowest BCUT2D eigenvalue weighted by Crippen LogP contribution is -2.14. The molecule has 5 heteroatoms. The van der Waals surface area contributed by atoms with E-state index in [0.29, 0.717) is 5.69 Å². The first-order valence-electron chi connectivity index (χ1n) is 4.43. The van der Waals surface area contributed by atoms with E-state index in [1.165, 1.54) is 0 Å². The van der Waals surface area contributed by atoms with Gasteiger partial charge in [-0.2, -0.15) is 0 Å². The number of H-pyrrole nitrogens is 1. The van der Waals surface area contributed by atoms with Gasteiger partial charge in [0.15, 0.2) is 0 Å². The zero-order valence-corrected chi connectivity index (χ0v) is 8.95. The van der Waals surface area contributed by atoms with Crippen LogP contribution in [0.25, 0.3) is 10.9 Å². The fraction of sp³-hybridized carbons (Fsp3) is 0.200. The molecule has 0 aliphatic heterocycles. The van der Waals surface area contributed by atoms with Gasteiger partial charge in [-0.05, 0) is 18.2 Å². The number of benzene rings is 1. The molecule has 1 heterocycles. The van der Waals surface area contributed by atoms with Gasteiger partial charge in [0.1, 0.15) is 11.8 Å². The van der Waals surface area contributed by atoms with Gasteiger partial charge >= 0.3 is 0 Å². The van der Waals surface area contributed by atoms with Crippen LogP contribution in [0.15, 0.2) is 24.4 Å². The molecule has 0 atom stereocenters. The number of hydrogen-bond donors (Lipinski definition) is 2. The molecule has 0 saturated heterocycles. The number of hydrogen-bond acceptors (Lipinski definition) is 3. The average Bonchev–Trinajstić information content (AvgIpc) is 2.70. The van der Waals surface area contributed by atoms with Gasteiger partial charge in [0.2, 0.25) is 0 Å². The standard InChI is InChI=1S/C10H11ClN2O2/c1-15-7-2-3-9-8(4-7)10(5-12-9)13(14)6-11/h2-5,12,14H,6H2,1H3. The normalized spacial score (nSPS) is 10.6. The first kappa shape index (κ1) is 10.1. The molecule has 0 aliphatic rings. The van der Waals surface area contributed by atoms with Crippen molar-refractivity contribution >= 4 is 28.2 Å². The number of alkyl halides is 1. The second kappa shape index (κ2) is 4.00. The van der Waals surface area contributed by atoms with E-state index in [1.54, 1.807) is 13.3 Å². The van der Waals surface area contributed by atoms with E-state index in [2.05, 4.69) is 4.98 Å². The van der Waals surface area contributed by atoms with Crippen molar-refractivity contribution in [2.75, 3.05) is 18.2 Å². The van der Waals surface area contributed by atoms with Crippen LogP contribution >= 0.6 is 11.6 Å². The van der Waals surface area contributed by atoms with Crippen LogP contribution in [0.2, 0.25) is 0 Å². The van der Waals surface area contributed by atoms with E-state index in [4.69, 9.17) is 16.3 Å². The fourth-order valence-electron chi connectivity index (χ4n) is 1.49. The summed E-state index contributed by atoms with van der Waals surface area (Å²) in [6, 6.07) is 5.60. The molecule has 0 unspecified atom stereocenters. The maximum atomic E-state index is 9.52. The van der Waals surface area contributed by atoms with E-state index < -0.39 is 0 Å². The number of nitrogens with one attached hydrogen (secondary N) is 1. The van der Waals surface area contributed by atoms with Gasteiger partial charge < -0.3 is 9.72 Å². The number of ether oxygens (including phenoxy) is 1. The molecular formula is C10H11ClN2O2. The van der Waals surface area contributed by atoms with Gasteiger partial charge in [-0.25, -0.2) is 5.06 Å². The largest absolute Gasteiger partial charge is 0.497 e. The van der Waals surface area contributed by atoms with E-state index >= 15 is 0 Å². The molecule has 2 aromatic rings. The molecule has 0 spiro atoms. The molecule has 4 nitrogen and oxygen atoms in total. The summed E-state index contributed by atoms with van der Waals surface area (Å²) in [7, 11) is 1.60. The van der Waals surface area contributed by atoms with E-state index in [0.717, 1.165) is 21.7 Å². The summed E-state index contributed by atoms with van der Waals surface area (Å²) >= 11 is 5.55. The summed E-state index contributed by atoms with van der Waals surface area (Å²) in [6.45, 7) is 0. The molecule has 15 heavy (non-hydrogen) atoms. The summed E-state index contributed by atoms with van der Waals surface area (Å²) < 4.78 is 5.11. The van der Waals surface area contributed by atoms with E-state index in [-0.39, 0.29) is 6.00 Å². The Morgan fingerprint density at radius 1 is 1.53 bits per heavy atom. The van der Waals surface area contributed by atoms with Gasteiger partial charge in [-0.1, -0.05) is 0 Å². The van der Waals surface area contributed by atoms with Gasteiger partial charge in [0.25, 0.3) is 0 Å². The van der Waals surface area contributed by atoms with Crippen LogP contribution in [-0.2, 0) is 0 Å². The molecule has 0 saturated carbocycles. The van der Waals surface area contributed by atoms with E-state index in [1.807, 2.05) is 18.2 Å². The van der Waals surface area contributed by atoms with Crippen molar-refractivity contribution in [1.29, 1.82) is 0 Å². The third-order valence-corrected chi connectivity index (χ3v) is 2.48. The van der Waals surface area contributed by atoms with Gasteiger partial charge in [-0.3, -0.25) is 5.21 Å². The molecule has 0 radical (unpaired) electrons. The number of aromatic nitrogens is 1. The Labute approximate surface area is 92.0 Å². The predicted octanol–water partition coefficient (Wildman–Crippen LogP) is 2.57. The minimum absolute atomic E-state index is 0.0180. The Bertz CT molecular complexity index is 469. The molecule has 80 valence electrons. The number of rotatable bonds is 3. The molecule has 0 amide bonds. The Morgan fingerprint density at radius 3 is 3.00 bits per heavy atom. The molecule has 1 aromatic heterocycles. The maximum Gasteiger partial charge on any atom is 0.119 e. The van der Waals surface area contributed by atoms with Crippen LogP contribution in [0, 0.1) is 0 Å². The number of fused-ring (bicyclic) bond motifs is 1. The summed E-state index contributed by atoms with van der Waals surface area (Å²) in [5, 5.41) is 11.4. The lowest BCUT2D eigenvalue weighted by molar-refractivity contribution is 0.273. The third-order valence-electron chi connectivity index (χ3n) is 2.26. The van der Waals surface area contributed by atoms with Gasteiger partial charge in [0, 0.05) is 17.1 Å². The highest BCUT2D eigenvalue weighted by atomic mass is 35.5. The fourth-order valence-corrected chi connectivity index (χ4v) is 1.62. The smallest absolute Gasteiger partial charge is 0.119 e. The molecule has 0 fully saturated rings. The van der Waals surface area contributed by atoms with Crippen LogP contribution in [0.3, 0.4) is 0 Å². The van der Waals surface area contributed by atoms with Gasteiger partial charge in [0.05, 0.1) is 12.8 Å². The number of hydroxylamine groups is 1. The molecule has 2 N–H and O–H groups in total. The number of methoxy groups -OCH3 is 1. The Morgan fingerprint density at radius 2 is 2.33 bits per heavy atom. The first-order valence-corrected chi connectivity index (χ1v) is 4.97. The summed E-state index contributed by atoms with van der Waals surface area (Å²) in [4.78, 5) is 3.04. The number of nitrogens with zero attached hydrogens (tertiary/aromatic N) is 1. The van der Waals surface area contributed by atoms with Crippen LogP contribution in [0.1, 0.15) is 0 Å². The predicted molar refractivity (Wildman–Crippen MR) is 59.8 cm³/mol. The highest BCUT2D eigenvalue weighted by molar-refractivity contribution is 6.19. The molecule has 2 rings (SSSR count). The first-order chi connectivity index (χ1) is 7.26.